The van der Waals surface area contributed by atoms with Crippen LogP contribution >= 0.6 is 0 Å². The zero-order valence-corrected chi connectivity index (χ0v) is 8.02. The summed E-state index contributed by atoms with van der Waals surface area (Å²) in [7, 11) is 0. The van der Waals surface area contributed by atoms with Gasteiger partial charge < -0.3 is 0 Å². The normalized spacial score (nSPS) is 17.6. The summed E-state index contributed by atoms with van der Waals surface area (Å²) in [5.41, 5.74) is -0.357. The molecule has 0 aromatic heterocycles. The molecule has 0 radical (unpaired) electrons. The summed E-state index contributed by atoms with van der Waals surface area (Å²) in [5, 5.41) is 0. The van der Waals surface area contributed by atoms with Gasteiger partial charge in [-0.3, -0.25) is 9.59 Å². The van der Waals surface area contributed by atoms with E-state index in [1.54, 1.807) is 0 Å². The van der Waals surface area contributed by atoms with Crippen LogP contribution in [-0.4, -0.2) is 11.6 Å². The number of ketones is 2. The number of hydrogen-bond acceptors (Lipinski definition) is 2. The van der Waals surface area contributed by atoms with Crippen LogP contribution in [-0.2, 0) is 9.59 Å². The summed E-state index contributed by atoms with van der Waals surface area (Å²) in [6.45, 7) is 5.57. The van der Waals surface area contributed by atoms with Crippen LogP contribution in [0.2, 0.25) is 0 Å². The zero-order chi connectivity index (χ0) is 9.35. The van der Waals surface area contributed by atoms with Crippen LogP contribution < -0.4 is 0 Å². The molecule has 0 aromatic carbocycles. The molecule has 0 unspecified atom stereocenters. The first kappa shape index (κ1) is 9.43. The maximum atomic E-state index is 11.4. The Kier molecular flexibility index (Phi) is 2.36. The van der Waals surface area contributed by atoms with Gasteiger partial charge in [0.15, 0.2) is 0 Å². The van der Waals surface area contributed by atoms with Crippen LogP contribution in [0.1, 0.15) is 40.0 Å². The summed E-state index contributed by atoms with van der Waals surface area (Å²) in [4.78, 5) is 22.6. The van der Waals surface area contributed by atoms with Crippen molar-refractivity contribution in [3.63, 3.8) is 0 Å². The van der Waals surface area contributed by atoms with Crippen molar-refractivity contribution >= 4 is 11.6 Å². The molecule has 1 aliphatic rings. The lowest BCUT2D eigenvalue weighted by Gasteiger charge is -2.15. The van der Waals surface area contributed by atoms with Crippen LogP contribution in [0.3, 0.4) is 0 Å². The molecule has 1 saturated carbocycles. The predicted octanol–water partition coefficient (Wildman–Crippen LogP) is 1.97. The lowest BCUT2D eigenvalue weighted by Crippen LogP contribution is -2.23. The molecule has 0 heterocycles. The largest absolute Gasteiger partial charge is 0.299 e. The van der Waals surface area contributed by atoms with E-state index < -0.39 is 0 Å². The molecule has 0 aromatic rings. The second-order valence-corrected chi connectivity index (χ2v) is 4.59. The second-order valence-electron chi connectivity index (χ2n) is 4.59. The van der Waals surface area contributed by atoms with E-state index >= 15 is 0 Å². The highest BCUT2D eigenvalue weighted by Gasteiger charge is 2.33. The Bertz CT molecular complexity index is 206. The summed E-state index contributed by atoms with van der Waals surface area (Å²) in [6, 6.07) is 0. The van der Waals surface area contributed by atoms with Crippen LogP contribution in [0.5, 0.6) is 0 Å². The number of hydrogen-bond donors (Lipinski definition) is 0. The van der Waals surface area contributed by atoms with Gasteiger partial charge in [-0.25, -0.2) is 0 Å². The zero-order valence-electron chi connectivity index (χ0n) is 8.02. The third-order valence-electron chi connectivity index (χ3n) is 2.20. The minimum Gasteiger partial charge on any atom is -0.299 e. The predicted molar refractivity (Wildman–Crippen MR) is 46.8 cm³/mol. The maximum Gasteiger partial charge on any atom is 0.145 e. The van der Waals surface area contributed by atoms with Gasteiger partial charge in [0.1, 0.15) is 11.6 Å². The van der Waals surface area contributed by atoms with E-state index in [0.717, 1.165) is 12.8 Å². The van der Waals surface area contributed by atoms with Crippen molar-refractivity contribution in [2.24, 2.45) is 11.3 Å². The molecule has 2 heteroatoms. The van der Waals surface area contributed by atoms with Crippen molar-refractivity contribution in [2.45, 2.75) is 40.0 Å². The standard InChI is InChI=1S/C10H16O2/c1-10(2,3)9(12)6-8(11)7-4-5-7/h7H,4-6H2,1-3H3. The van der Waals surface area contributed by atoms with Crippen molar-refractivity contribution < 1.29 is 9.59 Å². The summed E-state index contributed by atoms with van der Waals surface area (Å²) >= 11 is 0. The third-order valence-corrected chi connectivity index (χ3v) is 2.20. The molecule has 1 rings (SSSR count). The highest BCUT2D eigenvalue weighted by atomic mass is 16.1. The van der Waals surface area contributed by atoms with E-state index in [1.165, 1.54) is 0 Å². The van der Waals surface area contributed by atoms with Crippen molar-refractivity contribution in [3.8, 4) is 0 Å². The third kappa shape index (κ3) is 2.43. The lowest BCUT2D eigenvalue weighted by atomic mass is 9.87. The molecule has 0 saturated heterocycles. The fourth-order valence-electron chi connectivity index (χ4n) is 0.973. The molecule has 1 aliphatic carbocycles. The second kappa shape index (κ2) is 3.00. The maximum absolute atomic E-state index is 11.4. The Morgan fingerprint density at radius 2 is 1.75 bits per heavy atom. The van der Waals surface area contributed by atoms with Gasteiger partial charge in [0, 0.05) is 11.3 Å². The Morgan fingerprint density at radius 3 is 2.08 bits per heavy atom. The molecule has 0 atom stereocenters. The van der Waals surface area contributed by atoms with Crippen LogP contribution in [0.25, 0.3) is 0 Å². The highest BCUT2D eigenvalue weighted by molar-refractivity contribution is 6.02. The van der Waals surface area contributed by atoms with Gasteiger partial charge in [0.05, 0.1) is 6.42 Å². The first-order chi connectivity index (χ1) is 5.41. The lowest BCUT2D eigenvalue weighted by molar-refractivity contribution is -0.132. The van der Waals surface area contributed by atoms with Crippen molar-refractivity contribution in [1.29, 1.82) is 0 Å². The number of carbonyl (C=O) groups is 2. The first-order valence-corrected chi connectivity index (χ1v) is 4.47. The average Bonchev–Trinajstić information content (AvgIpc) is 2.65. The Labute approximate surface area is 73.3 Å². The summed E-state index contributed by atoms with van der Waals surface area (Å²) < 4.78 is 0. The SMILES string of the molecule is CC(C)(C)C(=O)CC(=O)C1CC1. The van der Waals surface area contributed by atoms with Gasteiger partial charge in [0.25, 0.3) is 0 Å². The molecule has 0 amide bonds. The number of Topliss-reactive ketones (excluding diaryl/α,β-unsaturated/α-hetero) is 2. The molecule has 0 spiro atoms. The van der Waals surface area contributed by atoms with E-state index in [4.69, 9.17) is 0 Å². The van der Waals surface area contributed by atoms with Gasteiger partial charge in [-0.15, -0.1) is 0 Å². The smallest absolute Gasteiger partial charge is 0.145 e. The monoisotopic (exact) mass is 168 g/mol. The summed E-state index contributed by atoms with van der Waals surface area (Å²) in [5.74, 6) is 0.436. The fraction of sp³-hybridized carbons (Fsp3) is 0.800. The van der Waals surface area contributed by atoms with Gasteiger partial charge in [0.2, 0.25) is 0 Å². The Hall–Kier alpha value is -0.660. The van der Waals surface area contributed by atoms with E-state index in [1.807, 2.05) is 20.8 Å². The quantitative estimate of drug-likeness (QED) is 0.604. The molecule has 68 valence electrons. The Morgan fingerprint density at radius 1 is 1.25 bits per heavy atom. The van der Waals surface area contributed by atoms with Crippen LogP contribution in [0, 0.1) is 11.3 Å². The van der Waals surface area contributed by atoms with E-state index in [0.29, 0.717) is 0 Å². The van der Waals surface area contributed by atoms with E-state index in [2.05, 4.69) is 0 Å². The molecule has 2 nitrogen and oxygen atoms in total. The number of rotatable bonds is 3. The average molecular weight is 168 g/mol. The van der Waals surface area contributed by atoms with E-state index in [9.17, 15) is 9.59 Å². The minimum absolute atomic E-state index is 0.0689. The molecule has 12 heavy (non-hydrogen) atoms. The van der Waals surface area contributed by atoms with Crippen molar-refractivity contribution in [2.75, 3.05) is 0 Å². The van der Waals surface area contributed by atoms with Gasteiger partial charge >= 0.3 is 0 Å². The molecule has 0 N–H and O–H groups in total. The fourth-order valence-corrected chi connectivity index (χ4v) is 0.973. The van der Waals surface area contributed by atoms with Gasteiger partial charge in [-0.2, -0.15) is 0 Å². The highest BCUT2D eigenvalue weighted by Crippen LogP contribution is 2.32. The van der Waals surface area contributed by atoms with E-state index in [-0.39, 0.29) is 29.3 Å². The first-order valence-electron chi connectivity index (χ1n) is 4.47. The van der Waals surface area contributed by atoms with Gasteiger partial charge in [-0.1, -0.05) is 20.8 Å². The molecular formula is C10H16O2. The molecular weight excluding hydrogens is 152 g/mol. The van der Waals surface area contributed by atoms with Gasteiger partial charge in [-0.05, 0) is 12.8 Å². The van der Waals surface area contributed by atoms with Crippen molar-refractivity contribution in [3.05, 3.63) is 0 Å². The van der Waals surface area contributed by atoms with Crippen molar-refractivity contribution in [1.82, 2.24) is 0 Å². The molecule has 1 fully saturated rings. The van der Waals surface area contributed by atoms with Crippen LogP contribution in [0.4, 0.5) is 0 Å². The Balaban J connectivity index is 2.40. The number of carbonyl (C=O) groups excluding carboxylic acids is 2. The molecule has 0 aliphatic heterocycles. The minimum atomic E-state index is -0.357. The summed E-state index contributed by atoms with van der Waals surface area (Å²) in [6.07, 6.45) is 2.14. The molecule has 0 bridgehead atoms. The topological polar surface area (TPSA) is 34.1 Å². The van der Waals surface area contributed by atoms with Crippen LogP contribution in [0.15, 0.2) is 0 Å².